The van der Waals surface area contributed by atoms with Crippen molar-refractivity contribution in [1.29, 1.82) is 0 Å². The van der Waals surface area contributed by atoms with Crippen LogP contribution in [-0.2, 0) is 0 Å². The summed E-state index contributed by atoms with van der Waals surface area (Å²) in [7, 11) is 0. The van der Waals surface area contributed by atoms with Gasteiger partial charge < -0.3 is 5.32 Å². The van der Waals surface area contributed by atoms with Crippen LogP contribution in [-0.4, -0.2) is 19.1 Å². The van der Waals surface area contributed by atoms with E-state index in [2.05, 4.69) is 52.9 Å². The molecule has 0 aliphatic carbocycles. The molecule has 2 atom stereocenters. The van der Waals surface area contributed by atoms with Crippen LogP contribution >= 0.6 is 0 Å². The van der Waals surface area contributed by atoms with E-state index >= 15 is 0 Å². The summed E-state index contributed by atoms with van der Waals surface area (Å²) in [5, 5.41) is 3.49. The molecular weight excluding hydrogens is 212 g/mol. The summed E-state index contributed by atoms with van der Waals surface area (Å²) < 4.78 is 0. The van der Waals surface area contributed by atoms with Crippen molar-refractivity contribution < 1.29 is 0 Å². The molecule has 4 N–H and O–H groups in total. The van der Waals surface area contributed by atoms with Gasteiger partial charge in [0.1, 0.15) is 0 Å². The molecular formula is C13H22N4. The van der Waals surface area contributed by atoms with Gasteiger partial charge in [-0.3, -0.25) is 0 Å². The number of unbranched alkanes of at least 4 members (excludes halogenated alkanes) is 1. The van der Waals surface area contributed by atoms with Gasteiger partial charge in [0.25, 0.3) is 0 Å². The maximum Gasteiger partial charge on any atom is 0.0655 e. The molecule has 2 rings (SSSR count). The highest BCUT2D eigenvalue weighted by molar-refractivity contribution is 5.21. The van der Waals surface area contributed by atoms with E-state index < -0.39 is 0 Å². The van der Waals surface area contributed by atoms with Crippen molar-refractivity contribution in [3.63, 3.8) is 0 Å². The molecule has 1 aromatic carbocycles. The van der Waals surface area contributed by atoms with Gasteiger partial charge in [-0.25, -0.2) is 10.9 Å². The first-order valence-corrected chi connectivity index (χ1v) is 6.43. The molecule has 1 aliphatic heterocycles. The Balaban J connectivity index is 1.85. The Bertz CT molecular complexity index is 314. The van der Waals surface area contributed by atoms with Crippen molar-refractivity contribution in [1.82, 2.24) is 21.7 Å². The van der Waals surface area contributed by atoms with Crippen LogP contribution in [0, 0.1) is 0 Å². The second-order valence-electron chi connectivity index (χ2n) is 4.47. The molecule has 2 unspecified atom stereocenters. The molecule has 0 amide bonds. The molecule has 4 nitrogen and oxygen atoms in total. The highest BCUT2D eigenvalue weighted by atomic mass is 15.7. The second-order valence-corrected chi connectivity index (χ2v) is 4.47. The summed E-state index contributed by atoms with van der Waals surface area (Å²) in [5.41, 5.74) is 10.9. The molecule has 4 heteroatoms. The zero-order chi connectivity index (χ0) is 11.9. The van der Waals surface area contributed by atoms with Gasteiger partial charge in [0, 0.05) is 6.54 Å². The first-order chi connectivity index (χ1) is 8.42. The Kier molecular flexibility index (Phi) is 4.94. The molecule has 1 aliphatic rings. The van der Waals surface area contributed by atoms with Gasteiger partial charge in [-0.05, 0) is 18.5 Å². The van der Waals surface area contributed by atoms with Crippen molar-refractivity contribution >= 4 is 0 Å². The van der Waals surface area contributed by atoms with E-state index in [9.17, 15) is 0 Å². The minimum absolute atomic E-state index is 0.324. The van der Waals surface area contributed by atoms with E-state index in [0.29, 0.717) is 12.1 Å². The Hall–Kier alpha value is -0.940. The minimum atomic E-state index is 0.324. The summed E-state index contributed by atoms with van der Waals surface area (Å²) in [6, 6.07) is 11.2. The Morgan fingerprint density at radius 2 is 2.00 bits per heavy atom. The first kappa shape index (κ1) is 12.5. The molecule has 1 fully saturated rings. The highest BCUT2D eigenvalue weighted by Crippen LogP contribution is 2.17. The van der Waals surface area contributed by atoms with Crippen molar-refractivity contribution in [2.75, 3.05) is 13.1 Å². The monoisotopic (exact) mass is 234 g/mol. The van der Waals surface area contributed by atoms with Gasteiger partial charge in [-0.1, -0.05) is 43.7 Å². The molecule has 1 saturated heterocycles. The zero-order valence-corrected chi connectivity index (χ0v) is 10.4. The fraction of sp³-hybridized carbons (Fsp3) is 0.538. The SMILES string of the molecule is CCCCNCC1NNNC1c1ccccc1. The van der Waals surface area contributed by atoms with E-state index in [-0.39, 0.29) is 0 Å². The lowest BCUT2D eigenvalue weighted by molar-refractivity contribution is 0.477. The van der Waals surface area contributed by atoms with Crippen LogP contribution in [0.4, 0.5) is 0 Å². The van der Waals surface area contributed by atoms with Gasteiger partial charge >= 0.3 is 0 Å². The van der Waals surface area contributed by atoms with E-state index in [1.54, 1.807) is 0 Å². The summed E-state index contributed by atoms with van der Waals surface area (Å²) in [4.78, 5) is 0. The molecule has 94 valence electrons. The summed E-state index contributed by atoms with van der Waals surface area (Å²) in [5.74, 6) is 0. The van der Waals surface area contributed by atoms with E-state index in [1.807, 2.05) is 6.07 Å². The molecule has 0 aromatic heterocycles. The number of hydrogen-bond donors (Lipinski definition) is 4. The average Bonchev–Trinajstić information content (AvgIpc) is 2.84. The van der Waals surface area contributed by atoms with E-state index in [1.165, 1.54) is 18.4 Å². The van der Waals surface area contributed by atoms with E-state index in [4.69, 9.17) is 0 Å². The van der Waals surface area contributed by atoms with Gasteiger partial charge in [0.2, 0.25) is 0 Å². The predicted octanol–water partition coefficient (Wildman–Crippen LogP) is 1.10. The van der Waals surface area contributed by atoms with Gasteiger partial charge in [0.15, 0.2) is 0 Å². The van der Waals surface area contributed by atoms with Crippen LogP contribution < -0.4 is 21.7 Å². The lowest BCUT2D eigenvalue weighted by Crippen LogP contribution is -2.40. The van der Waals surface area contributed by atoms with Crippen LogP contribution in [0.1, 0.15) is 31.4 Å². The van der Waals surface area contributed by atoms with Crippen LogP contribution in [0.15, 0.2) is 30.3 Å². The Labute approximate surface area is 103 Å². The lowest BCUT2D eigenvalue weighted by Gasteiger charge is -2.18. The fourth-order valence-corrected chi connectivity index (χ4v) is 2.10. The molecule has 0 saturated carbocycles. The number of nitrogens with one attached hydrogen (secondary N) is 4. The quantitative estimate of drug-likeness (QED) is 0.557. The lowest BCUT2D eigenvalue weighted by atomic mass is 10.0. The third kappa shape index (κ3) is 3.51. The Morgan fingerprint density at radius 1 is 1.18 bits per heavy atom. The summed E-state index contributed by atoms with van der Waals surface area (Å²) in [6.07, 6.45) is 2.48. The largest absolute Gasteiger partial charge is 0.315 e. The number of hydrazine groups is 2. The van der Waals surface area contributed by atoms with Gasteiger partial charge in [0.05, 0.1) is 12.1 Å². The summed E-state index contributed by atoms with van der Waals surface area (Å²) in [6.45, 7) is 4.28. The van der Waals surface area contributed by atoms with Crippen molar-refractivity contribution in [2.24, 2.45) is 0 Å². The van der Waals surface area contributed by atoms with Crippen LogP contribution in [0.2, 0.25) is 0 Å². The molecule has 17 heavy (non-hydrogen) atoms. The minimum Gasteiger partial charge on any atom is -0.315 e. The molecule has 0 radical (unpaired) electrons. The topological polar surface area (TPSA) is 48.1 Å². The van der Waals surface area contributed by atoms with Crippen molar-refractivity contribution in [2.45, 2.75) is 31.8 Å². The fourth-order valence-electron chi connectivity index (χ4n) is 2.10. The third-order valence-electron chi connectivity index (χ3n) is 3.12. The average molecular weight is 234 g/mol. The predicted molar refractivity (Wildman–Crippen MR) is 70.2 cm³/mol. The Morgan fingerprint density at radius 3 is 2.76 bits per heavy atom. The van der Waals surface area contributed by atoms with Crippen LogP contribution in [0.5, 0.6) is 0 Å². The highest BCUT2D eigenvalue weighted by Gasteiger charge is 2.26. The molecule has 0 bridgehead atoms. The molecule has 1 aromatic rings. The first-order valence-electron chi connectivity index (χ1n) is 6.43. The number of rotatable bonds is 6. The molecule has 1 heterocycles. The zero-order valence-electron chi connectivity index (χ0n) is 10.4. The van der Waals surface area contributed by atoms with Crippen LogP contribution in [0.25, 0.3) is 0 Å². The second kappa shape index (κ2) is 6.71. The standard InChI is InChI=1S/C13H22N4/c1-2-3-9-14-10-12-13(16-17-15-12)11-7-5-4-6-8-11/h4-8,12-17H,2-3,9-10H2,1H3. The van der Waals surface area contributed by atoms with Crippen LogP contribution in [0.3, 0.4) is 0 Å². The number of benzene rings is 1. The van der Waals surface area contributed by atoms with E-state index in [0.717, 1.165) is 13.1 Å². The van der Waals surface area contributed by atoms with Crippen molar-refractivity contribution in [3.8, 4) is 0 Å². The maximum absolute atomic E-state index is 3.49. The van der Waals surface area contributed by atoms with Gasteiger partial charge in [-0.2, -0.15) is 5.53 Å². The maximum atomic E-state index is 3.49. The molecule has 0 spiro atoms. The smallest absolute Gasteiger partial charge is 0.0655 e. The number of hydrogen-bond acceptors (Lipinski definition) is 4. The summed E-state index contributed by atoms with van der Waals surface area (Å²) >= 11 is 0. The third-order valence-corrected chi connectivity index (χ3v) is 3.12. The van der Waals surface area contributed by atoms with Crippen molar-refractivity contribution in [3.05, 3.63) is 35.9 Å². The normalized spacial score (nSPS) is 24.1. The van der Waals surface area contributed by atoms with Gasteiger partial charge in [-0.15, -0.1) is 0 Å².